The molecule has 1 atom stereocenters. The molecule has 102 valence electrons. The second kappa shape index (κ2) is 5.94. The minimum Gasteiger partial charge on any atom is -0.479 e. The van der Waals surface area contributed by atoms with Crippen molar-refractivity contribution in [1.29, 1.82) is 5.26 Å². The number of halogens is 1. The van der Waals surface area contributed by atoms with Gasteiger partial charge in [0.15, 0.2) is 6.10 Å². The molecule has 0 aliphatic heterocycles. The van der Waals surface area contributed by atoms with Gasteiger partial charge in [0, 0.05) is 5.54 Å². The van der Waals surface area contributed by atoms with Crippen LogP contribution in [0.2, 0.25) is 5.02 Å². The van der Waals surface area contributed by atoms with E-state index in [4.69, 9.17) is 21.6 Å². The van der Waals surface area contributed by atoms with Gasteiger partial charge in [-0.2, -0.15) is 5.26 Å². The Morgan fingerprint density at radius 3 is 2.58 bits per heavy atom. The van der Waals surface area contributed by atoms with Crippen LogP contribution in [0, 0.1) is 11.3 Å². The summed E-state index contributed by atoms with van der Waals surface area (Å²) >= 11 is 5.98. The number of hydrogen-bond donors (Lipinski definition) is 1. The van der Waals surface area contributed by atoms with Crippen molar-refractivity contribution in [2.75, 3.05) is 0 Å². The number of carbonyl (C=O) groups is 1. The molecular formula is C14H17ClN2O2. The second-order valence-corrected chi connectivity index (χ2v) is 5.66. The predicted molar refractivity (Wildman–Crippen MR) is 74.2 cm³/mol. The molecule has 0 radical (unpaired) electrons. The van der Waals surface area contributed by atoms with Gasteiger partial charge in [-0.3, -0.25) is 4.79 Å². The normalized spacial score (nSPS) is 12.4. The number of nitrogens with one attached hydrogen (secondary N) is 1. The Morgan fingerprint density at radius 1 is 1.47 bits per heavy atom. The highest BCUT2D eigenvalue weighted by Gasteiger charge is 2.21. The van der Waals surface area contributed by atoms with Crippen molar-refractivity contribution < 1.29 is 9.53 Å². The van der Waals surface area contributed by atoms with Crippen LogP contribution in [0.3, 0.4) is 0 Å². The van der Waals surface area contributed by atoms with Gasteiger partial charge in [0.05, 0.1) is 16.7 Å². The van der Waals surface area contributed by atoms with Crippen molar-refractivity contribution in [3.8, 4) is 11.8 Å². The van der Waals surface area contributed by atoms with Crippen LogP contribution >= 0.6 is 11.6 Å². The van der Waals surface area contributed by atoms with E-state index in [-0.39, 0.29) is 11.4 Å². The summed E-state index contributed by atoms with van der Waals surface area (Å²) in [5, 5.41) is 11.9. The lowest BCUT2D eigenvalue weighted by Crippen LogP contribution is -2.46. The summed E-state index contributed by atoms with van der Waals surface area (Å²) in [4.78, 5) is 11.9. The summed E-state index contributed by atoms with van der Waals surface area (Å²) in [7, 11) is 0. The zero-order valence-corrected chi connectivity index (χ0v) is 12.2. The number of rotatable bonds is 3. The van der Waals surface area contributed by atoms with E-state index in [2.05, 4.69) is 5.32 Å². The van der Waals surface area contributed by atoms with Crippen molar-refractivity contribution in [2.45, 2.75) is 39.3 Å². The van der Waals surface area contributed by atoms with Crippen molar-refractivity contribution in [3.63, 3.8) is 0 Å². The van der Waals surface area contributed by atoms with Gasteiger partial charge in [0.1, 0.15) is 5.75 Å². The molecule has 19 heavy (non-hydrogen) atoms. The fraction of sp³-hybridized carbons (Fsp3) is 0.429. The zero-order chi connectivity index (χ0) is 14.6. The Labute approximate surface area is 118 Å². The third-order valence-corrected chi connectivity index (χ3v) is 2.53. The molecule has 4 nitrogen and oxygen atoms in total. The summed E-state index contributed by atoms with van der Waals surface area (Å²) in [6, 6.07) is 6.67. The zero-order valence-electron chi connectivity index (χ0n) is 11.5. The van der Waals surface area contributed by atoms with E-state index in [0.717, 1.165) is 0 Å². The number of nitrogens with zero attached hydrogens (tertiary/aromatic N) is 1. The Morgan fingerprint density at radius 2 is 2.11 bits per heavy atom. The highest BCUT2D eigenvalue weighted by molar-refractivity contribution is 6.32. The number of nitriles is 1. The first-order valence-corrected chi connectivity index (χ1v) is 6.29. The van der Waals surface area contributed by atoms with E-state index in [0.29, 0.717) is 16.3 Å². The monoisotopic (exact) mass is 280 g/mol. The first-order valence-electron chi connectivity index (χ1n) is 5.91. The molecule has 1 amide bonds. The van der Waals surface area contributed by atoms with Crippen LogP contribution in [0.4, 0.5) is 0 Å². The molecule has 0 saturated heterocycles. The smallest absolute Gasteiger partial charge is 0.261 e. The SMILES string of the molecule is C[C@H](Oc1ccc(C#N)cc1Cl)C(=O)NC(C)(C)C. The summed E-state index contributed by atoms with van der Waals surface area (Å²) in [5.74, 6) is 0.171. The van der Waals surface area contributed by atoms with Crippen molar-refractivity contribution in [3.05, 3.63) is 28.8 Å². The van der Waals surface area contributed by atoms with Gasteiger partial charge in [0.2, 0.25) is 0 Å². The van der Waals surface area contributed by atoms with E-state index in [9.17, 15) is 4.79 Å². The maximum atomic E-state index is 11.9. The van der Waals surface area contributed by atoms with Crippen LogP contribution in [-0.4, -0.2) is 17.6 Å². The minimum absolute atomic E-state index is 0.215. The highest BCUT2D eigenvalue weighted by Crippen LogP contribution is 2.26. The van der Waals surface area contributed by atoms with E-state index in [1.807, 2.05) is 26.8 Å². The van der Waals surface area contributed by atoms with Gasteiger partial charge in [0.25, 0.3) is 5.91 Å². The Bertz CT molecular complexity index is 515. The molecule has 1 rings (SSSR count). The first-order chi connectivity index (χ1) is 8.73. The lowest BCUT2D eigenvalue weighted by atomic mass is 10.1. The maximum absolute atomic E-state index is 11.9. The second-order valence-electron chi connectivity index (χ2n) is 5.26. The molecule has 1 aromatic rings. The van der Waals surface area contributed by atoms with Gasteiger partial charge >= 0.3 is 0 Å². The molecule has 0 aliphatic rings. The van der Waals surface area contributed by atoms with Crippen molar-refractivity contribution in [2.24, 2.45) is 0 Å². The predicted octanol–water partition coefficient (Wildman–Crippen LogP) is 2.89. The van der Waals surface area contributed by atoms with Crippen LogP contribution in [0.15, 0.2) is 18.2 Å². The summed E-state index contributed by atoms with van der Waals surface area (Å²) in [6.07, 6.45) is -0.662. The van der Waals surface area contributed by atoms with Crippen LogP contribution < -0.4 is 10.1 Å². The molecule has 0 aliphatic carbocycles. The average Bonchev–Trinajstić information content (AvgIpc) is 2.29. The molecule has 0 spiro atoms. The largest absolute Gasteiger partial charge is 0.479 e. The van der Waals surface area contributed by atoms with Gasteiger partial charge in [-0.05, 0) is 45.9 Å². The Kier molecular flexibility index (Phi) is 4.79. The lowest BCUT2D eigenvalue weighted by Gasteiger charge is -2.23. The number of ether oxygens (including phenoxy) is 1. The average molecular weight is 281 g/mol. The van der Waals surface area contributed by atoms with Crippen molar-refractivity contribution in [1.82, 2.24) is 5.32 Å². The van der Waals surface area contributed by atoms with Gasteiger partial charge < -0.3 is 10.1 Å². The quantitative estimate of drug-likeness (QED) is 0.926. The molecule has 1 N–H and O–H groups in total. The molecule has 0 unspecified atom stereocenters. The lowest BCUT2D eigenvalue weighted by molar-refractivity contribution is -0.128. The maximum Gasteiger partial charge on any atom is 0.261 e. The number of amides is 1. The fourth-order valence-electron chi connectivity index (χ4n) is 1.38. The third kappa shape index (κ3) is 4.80. The molecule has 0 heterocycles. The fourth-order valence-corrected chi connectivity index (χ4v) is 1.61. The highest BCUT2D eigenvalue weighted by atomic mass is 35.5. The molecule has 0 bridgehead atoms. The summed E-state index contributed by atoms with van der Waals surface area (Å²) in [5.41, 5.74) is 0.132. The number of carbonyl (C=O) groups excluding carboxylic acids is 1. The van der Waals surface area contributed by atoms with E-state index in [1.165, 1.54) is 6.07 Å². The summed E-state index contributed by atoms with van der Waals surface area (Å²) in [6.45, 7) is 7.33. The van der Waals surface area contributed by atoms with Gasteiger partial charge in [-0.15, -0.1) is 0 Å². The molecule has 0 aromatic heterocycles. The minimum atomic E-state index is -0.662. The number of hydrogen-bond acceptors (Lipinski definition) is 3. The first kappa shape index (κ1) is 15.3. The molecule has 0 fully saturated rings. The van der Waals surface area contributed by atoms with Crippen LogP contribution in [-0.2, 0) is 4.79 Å². The number of benzene rings is 1. The topological polar surface area (TPSA) is 62.1 Å². The molecular weight excluding hydrogens is 264 g/mol. The Balaban J connectivity index is 2.75. The van der Waals surface area contributed by atoms with E-state index >= 15 is 0 Å². The van der Waals surface area contributed by atoms with Gasteiger partial charge in [-0.25, -0.2) is 0 Å². The summed E-state index contributed by atoms with van der Waals surface area (Å²) < 4.78 is 5.50. The van der Waals surface area contributed by atoms with Crippen molar-refractivity contribution >= 4 is 17.5 Å². The van der Waals surface area contributed by atoms with Crippen LogP contribution in [0.25, 0.3) is 0 Å². The molecule has 5 heteroatoms. The van der Waals surface area contributed by atoms with Crippen LogP contribution in [0.1, 0.15) is 33.3 Å². The molecule has 1 aromatic carbocycles. The van der Waals surface area contributed by atoms with Crippen LogP contribution in [0.5, 0.6) is 5.75 Å². The third-order valence-electron chi connectivity index (χ3n) is 2.23. The van der Waals surface area contributed by atoms with E-state index in [1.54, 1.807) is 19.1 Å². The standard InChI is InChI=1S/C14H17ClN2O2/c1-9(13(18)17-14(2,3)4)19-12-6-5-10(8-16)7-11(12)15/h5-7,9H,1-4H3,(H,17,18)/t9-/m0/s1. The molecule has 0 saturated carbocycles. The Hall–Kier alpha value is -1.73. The van der Waals surface area contributed by atoms with Gasteiger partial charge in [-0.1, -0.05) is 11.6 Å². The van der Waals surface area contributed by atoms with E-state index < -0.39 is 6.10 Å².